The fraction of sp³-hybridized carbons (Fsp3) is 0.526. The maximum Gasteiger partial charge on any atom is 0.177 e. The molecule has 1 saturated heterocycles. The topological polar surface area (TPSA) is 72.1 Å². The molecule has 26 heavy (non-hydrogen) atoms. The first-order valence-electron chi connectivity index (χ1n) is 9.20. The van der Waals surface area contributed by atoms with Gasteiger partial charge in [-0.3, -0.25) is 0 Å². The first kappa shape index (κ1) is 16.9. The Kier molecular flexibility index (Phi) is 4.09. The summed E-state index contributed by atoms with van der Waals surface area (Å²) < 4.78 is 1.94. The second-order valence-corrected chi connectivity index (χ2v) is 8.09. The van der Waals surface area contributed by atoms with E-state index in [-0.39, 0.29) is 5.41 Å². The number of piperidine rings is 1. The van der Waals surface area contributed by atoms with Gasteiger partial charge in [-0.05, 0) is 44.0 Å². The molecule has 1 aliphatic rings. The molecule has 7 nitrogen and oxygen atoms in total. The number of anilines is 1. The molecule has 0 aromatic carbocycles. The summed E-state index contributed by atoms with van der Waals surface area (Å²) in [5, 5.41) is 22.1. The molecule has 1 aliphatic heterocycles. The largest absolute Gasteiger partial charge is 0.355 e. The minimum atomic E-state index is 0.00318. The van der Waals surface area contributed by atoms with Gasteiger partial charge in [-0.25, -0.2) is 0 Å². The Hall–Kier alpha value is -2.57. The highest BCUT2D eigenvalue weighted by Gasteiger charge is 2.26. The Morgan fingerprint density at radius 2 is 1.69 bits per heavy atom. The zero-order valence-corrected chi connectivity index (χ0v) is 15.8. The van der Waals surface area contributed by atoms with Gasteiger partial charge in [0.1, 0.15) is 0 Å². The molecule has 0 bridgehead atoms. The number of hydrogen-bond donors (Lipinski definition) is 0. The SMILES string of the molecule is Cc1ccc(N2CCC(c3nnc4ccc(C(C)(C)C)nn34)CC2)nn1. The lowest BCUT2D eigenvalue weighted by Crippen LogP contribution is -2.34. The van der Waals surface area contributed by atoms with Crippen LogP contribution in [0.5, 0.6) is 0 Å². The summed E-state index contributed by atoms with van der Waals surface area (Å²) in [7, 11) is 0. The molecule has 0 saturated carbocycles. The maximum absolute atomic E-state index is 4.82. The molecule has 0 unspecified atom stereocenters. The second kappa shape index (κ2) is 6.30. The molecule has 1 fully saturated rings. The van der Waals surface area contributed by atoms with Crippen molar-refractivity contribution in [2.45, 2.75) is 51.9 Å². The van der Waals surface area contributed by atoms with Gasteiger partial charge in [0.2, 0.25) is 0 Å². The van der Waals surface area contributed by atoms with E-state index in [9.17, 15) is 0 Å². The van der Waals surface area contributed by atoms with Crippen LogP contribution in [0, 0.1) is 6.92 Å². The number of fused-ring (bicyclic) bond motifs is 1. The molecule has 7 heteroatoms. The summed E-state index contributed by atoms with van der Waals surface area (Å²) in [6.07, 6.45) is 2.02. The van der Waals surface area contributed by atoms with Crippen molar-refractivity contribution in [2.24, 2.45) is 0 Å². The van der Waals surface area contributed by atoms with Crippen LogP contribution in [0.15, 0.2) is 24.3 Å². The third-order valence-electron chi connectivity index (χ3n) is 5.02. The third kappa shape index (κ3) is 3.13. The van der Waals surface area contributed by atoms with Crippen molar-refractivity contribution in [1.29, 1.82) is 0 Å². The molecule has 4 rings (SSSR count). The average molecular weight is 351 g/mol. The fourth-order valence-electron chi connectivity index (χ4n) is 3.39. The molecule has 0 N–H and O–H groups in total. The highest BCUT2D eigenvalue weighted by Crippen LogP contribution is 2.29. The van der Waals surface area contributed by atoms with E-state index in [1.165, 1.54) is 0 Å². The molecule has 0 aliphatic carbocycles. The number of rotatable bonds is 2. The lowest BCUT2D eigenvalue weighted by Gasteiger charge is -2.31. The molecule has 3 aromatic heterocycles. The van der Waals surface area contributed by atoms with Gasteiger partial charge in [0.25, 0.3) is 0 Å². The minimum absolute atomic E-state index is 0.00318. The summed E-state index contributed by atoms with van der Waals surface area (Å²) in [5.74, 6) is 2.29. The lowest BCUT2D eigenvalue weighted by atomic mass is 9.92. The third-order valence-corrected chi connectivity index (χ3v) is 5.02. The number of hydrogen-bond acceptors (Lipinski definition) is 6. The first-order valence-corrected chi connectivity index (χ1v) is 9.20. The first-order chi connectivity index (χ1) is 12.4. The van der Waals surface area contributed by atoms with Crippen molar-refractivity contribution >= 4 is 11.5 Å². The normalized spacial score (nSPS) is 16.4. The molecule has 4 heterocycles. The maximum atomic E-state index is 4.82. The smallest absolute Gasteiger partial charge is 0.177 e. The Balaban J connectivity index is 1.55. The van der Waals surface area contributed by atoms with Crippen molar-refractivity contribution in [3.63, 3.8) is 0 Å². The van der Waals surface area contributed by atoms with Gasteiger partial charge in [0, 0.05) is 24.4 Å². The number of aromatic nitrogens is 6. The van der Waals surface area contributed by atoms with Crippen LogP contribution in [-0.4, -0.2) is 43.1 Å². The van der Waals surface area contributed by atoms with Crippen LogP contribution >= 0.6 is 0 Å². The second-order valence-electron chi connectivity index (χ2n) is 8.09. The van der Waals surface area contributed by atoms with Crippen molar-refractivity contribution in [1.82, 2.24) is 30.0 Å². The molecular weight excluding hydrogens is 326 g/mol. The number of aryl methyl sites for hydroxylation is 1. The zero-order valence-electron chi connectivity index (χ0n) is 15.8. The van der Waals surface area contributed by atoms with Gasteiger partial charge in [-0.2, -0.15) is 14.7 Å². The van der Waals surface area contributed by atoms with Crippen molar-refractivity contribution in [2.75, 3.05) is 18.0 Å². The van der Waals surface area contributed by atoms with Gasteiger partial charge in [0.15, 0.2) is 17.3 Å². The Morgan fingerprint density at radius 1 is 0.923 bits per heavy atom. The van der Waals surface area contributed by atoms with Crippen molar-refractivity contribution < 1.29 is 0 Å². The Bertz CT molecular complexity index is 900. The van der Waals surface area contributed by atoms with Gasteiger partial charge in [-0.15, -0.1) is 15.3 Å². The van der Waals surface area contributed by atoms with Crippen LogP contribution in [0.4, 0.5) is 5.82 Å². The van der Waals surface area contributed by atoms with Crippen molar-refractivity contribution in [3.8, 4) is 0 Å². The van der Waals surface area contributed by atoms with E-state index >= 15 is 0 Å². The quantitative estimate of drug-likeness (QED) is 0.707. The molecule has 0 amide bonds. The van der Waals surface area contributed by atoms with E-state index in [0.29, 0.717) is 5.92 Å². The van der Waals surface area contributed by atoms with Gasteiger partial charge < -0.3 is 4.90 Å². The highest BCUT2D eigenvalue weighted by molar-refractivity contribution is 5.40. The summed E-state index contributed by atoms with van der Waals surface area (Å²) >= 11 is 0. The fourth-order valence-corrected chi connectivity index (χ4v) is 3.39. The predicted molar refractivity (Wildman–Crippen MR) is 100 cm³/mol. The summed E-state index contributed by atoms with van der Waals surface area (Å²) in [5.41, 5.74) is 2.82. The van der Waals surface area contributed by atoms with Gasteiger partial charge in [0.05, 0.1) is 11.4 Å². The van der Waals surface area contributed by atoms with Crippen molar-refractivity contribution in [3.05, 3.63) is 41.5 Å². The monoisotopic (exact) mass is 351 g/mol. The lowest BCUT2D eigenvalue weighted by molar-refractivity contribution is 0.470. The van der Waals surface area contributed by atoms with Gasteiger partial charge in [-0.1, -0.05) is 20.8 Å². The Morgan fingerprint density at radius 3 is 2.35 bits per heavy atom. The van der Waals surface area contributed by atoms with Crippen LogP contribution in [0.2, 0.25) is 0 Å². The van der Waals surface area contributed by atoms with Crippen LogP contribution in [0.1, 0.15) is 56.7 Å². The van der Waals surface area contributed by atoms with E-state index in [1.807, 2.05) is 35.7 Å². The van der Waals surface area contributed by atoms with E-state index in [4.69, 9.17) is 5.10 Å². The zero-order chi connectivity index (χ0) is 18.3. The van der Waals surface area contributed by atoms with Crippen LogP contribution < -0.4 is 4.90 Å². The molecular formula is C19H25N7. The standard InChI is InChI=1S/C19H25N7/c1-13-5-7-16(21-20-13)25-11-9-14(10-12-25)18-23-22-17-8-6-15(19(2,3)4)24-26(17)18/h5-8,14H,9-12H2,1-4H3. The van der Waals surface area contributed by atoms with Crippen LogP contribution in [-0.2, 0) is 5.41 Å². The van der Waals surface area contributed by atoms with Crippen LogP contribution in [0.3, 0.4) is 0 Å². The number of nitrogens with zero attached hydrogens (tertiary/aromatic N) is 7. The van der Waals surface area contributed by atoms with E-state index in [2.05, 4.69) is 46.1 Å². The predicted octanol–water partition coefficient (Wildman–Crippen LogP) is 2.90. The summed E-state index contributed by atoms with van der Waals surface area (Å²) in [6.45, 7) is 10.4. The molecule has 0 spiro atoms. The molecule has 0 radical (unpaired) electrons. The van der Waals surface area contributed by atoms with Crippen LogP contribution in [0.25, 0.3) is 5.65 Å². The highest BCUT2D eigenvalue weighted by atomic mass is 15.4. The summed E-state index contributed by atoms with van der Waals surface area (Å²) in [4.78, 5) is 2.29. The summed E-state index contributed by atoms with van der Waals surface area (Å²) in [6, 6.07) is 8.12. The minimum Gasteiger partial charge on any atom is -0.355 e. The van der Waals surface area contributed by atoms with Gasteiger partial charge >= 0.3 is 0 Å². The average Bonchev–Trinajstić information content (AvgIpc) is 3.05. The van der Waals surface area contributed by atoms with E-state index in [0.717, 1.165) is 54.6 Å². The molecule has 0 atom stereocenters. The molecule has 136 valence electrons. The van der Waals surface area contributed by atoms with E-state index in [1.54, 1.807) is 0 Å². The Labute approximate surface area is 153 Å². The van der Waals surface area contributed by atoms with E-state index < -0.39 is 0 Å². The molecule has 3 aromatic rings.